The van der Waals surface area contributed by atoms with E-state index in [4.69, 9.17) is 14.2 Å². The van der Waals surface area contributed by atoms with Crippen molar-refractivity contribution in [2.75, 3.05) is 0 Å². The van der Waals surface area contributed by atoms with Crippen LogP contribution in [0.25, 0.3) is 0 Å². The molecule has 3 heterocycles. The SMILES string of the molecule is CC1=C2C[C@@]34O[C@]3(C)C[C@@H]3O[C@@]34[C@@H](C)C[C@@H]2OC1=O. The highest BCUT2D eigenvalue weighted by molar-refractivity contribution is 5.91. The van der Waals surface area contributed by atoms with Crippen molar-refractivity contribution in [3.8, 4) is 0 Å². The fourth-order valence-electron chi connectivity index (χ4n) is 5.22. The first-order valence-corrected chi connectivity index (χ1v) is 7.22. The molecule has 0 radical (unpaired) electrons. The van der Waals surface area contributed by atoms with E-state index in [1.165, 1.54) is 0 Å². The van der Waals surface area contributed by atoms with Crippen LogP contribution in [0.1, 0.15) is 40.0 Å². The molecule has 3 aliphatic heterocycles. The first kappa shape index (κ1) is 10.9. The summed E-state index contributed by atoms with van der Waals surface area (Å²) in [5.41, 5.74) is 1.62. The lowest BCUT2D eigenvalue weighted by atomic mass is 9.78. The molecule has 0 aromatic heterocycles. The van der Waals surface area contributed by atoms with Gasteiger partial charge in [-0.05, 0) is 31.8 Å². The summed E-state index contributed by atoms with van der Waals surface area (Å²) in [6.07, 6.45) is 3.00. The van der Waals surface area contributed by atoms with E-state index in [2.05, 4.69) is 13.8 Å². The van der Waals surface area contributed by atoms with Crippen LogP contribution in [-0.2, 0) is 19.0 Å². The van der Waals surface area contributed by atoms with Gasteiger partial charge in [0.2, 0.25) is 0 Å². The summed E-state index contributed by atoms with van der Waals surface area (Å²) in [5, 5.41) is 0. The molecule has 4 nitrogen and oxygen atoms in total. The lowest BCUT2D eigenvalue weighted by Gasteiger charge is -2.23. The largest absolute Gasteiger partial charge is 0.454 e. The molecule has 0 aromatic rings. The Bertz CT molecular complexity index is 566. The topological polar surface area (TPSA) is 51.4 Å². The van der Waals surface area contributed by atoms with E-state index in [-0.39, 0.29) is 28.9 Å². The van der Waals surface area contributed by atoms with Gasteiger partial charge in [0.15, 0.2) is 0 Å². The second-order valence-electron chi connectivity index (χ2n) is 7.12. The quantitative estimate of drug-likeness (QED) is 0.493. The Morgan fingerprint density at radius 3 is 2.95 bits per heavy atom. The van der Waals surface area contributed by atoms with Crippen LogP contribution in [0, 0.1) is 5.92 Å². The van der Waals surface area contributed by atoms with Crippen molar-refractivity contribution in [1.82, 2.24) is 0 Å². The molecule has 102 valence electrons. The summed E-state index contributed by atoms with van der Waals surface area (Å²) >= 11 is 0. The van der Waals surface area contributed by atoms with Crippen LogP contribution in [0.4, 0.5) is 0 Å². The van der Waals surface area contributed by atoms with E-state index in [0.29, 0.717) is 12.0 Å². The highest BCUT2D eigenvalue weighted by Crippen LogP contribution is 2.78. The fraction of sp³-hybridized carbons (Fsp3) is 0.800. The van der Waals surface area contributed by atoms with Gasteiger partial charge in [-0.3, -0.25) is 0 Å². The average Bonchev–Trinajstić information content (AvgIpc) is 3.16. The lowest BCUT2D eigenvalue weighted by Crippen LogP contribution is -2.40. The number of epoxide rings is 2. The van der Waals surface area contributed by atoms with Gasteiger partial charge in [0.25, 0.3) is 0 Å². The Morgan fingerprint density at radius 1 is 1.37 bits per heavy atom. The predicted molar refractivity (Wildman–Crippen MR) is 65.4 cm³/mol. The molecule has 0 bridgehead atoms. The van der Waals surface area contributed by atoms with Crippen LogP contribution >= 0.6 is 0 Å². The van der Waals surface area contributed by atoms with Crippen molar-refractivity contribution in [3.63, 3.8) is 0 Å². The van der Waals surface area contributed by atoms with E-state index in [0.717, 1.165) is 30.4 Å². The van der Waals surface area contributed by atoms with E-state index in [1.54, 1.807) is 0 Å². The normalized spacial score (nSPS) is 60.8. The van der Waals surface area contributed by atoms with Crippen LogP contribution in [0.5, 0.6) is 0 Å². The van der Waals surface area contributed by atoms with Crippen LogP contribution in [-0.4, -0.2) is 35.0 Å². The van der Waals surface area contributed by atoms with Crippen molar-refractivity contribution >= 4 is 5.97 Å². The highest BCUT2D eigenvalue weighted by atomic mass is 16.7. The van der Waals surface area contributed by atoms with Crippen LogP contribution < -0.4 is 0 Å². The fourth-order valence-corrected chi connectivity index (χ4v) is 5.22. The molecular formula is C15H18O4. The Kier molecular flexibility index (Phi) is 1.51. The number of rotatable bonds is 0. The highest BCUT2D eigenvalue weighted by Gasteiger charge is 2.93. The van der Waals surface area contributed by atoms with E-state index in [9.17, 15) is 4.79 Å². The van der Waals surface area contributed by atoms with Crippen molar-refractivity contribution in [2.45, 2.75) is 69.0 Å². The van der Waals surface area contributed by atoms with Gasteiger partial charge < -0.3 is 14.2 Å². The molecule has 0 aromatic carbocycles. The maximum Gasteiger partial charge on any atom is 0.334 e. The van der Waals surface area contributed by atoms with Crippen LogP contribution in [0.3, 0.4) is 0 Å². The smallest absolute Gasteiger partial charge is 0.334 e. The van der Waals surface area contributed by atoms with Crippen LogP contribution in [0.15, 0.2) is 11.1 Å². The van der Waals surface area contributed by atoms with E-state index < -0.39 is 0 Å². The second kappa shape index (κ2) is 2.63. The monoisotopic (exact) mass is 262 g/mol. The van der Waals surface area contributed by atoms with E-state index in [1.807, 2.05) is 6.92 Å². The molecule has 2 saturated carbocycles. The van der Waals surface area contributed by atoms with Gasteiger partial charge in [-0.1, -0.05) is 6.92 Å². The zero-order chi connectivity index (χ0) is 13.2. The third kappa shape index (κ3) is 0.897. The second-order valence-corrected chi connectivity index (χ2v) is 7.12. The molecule has 19 heavy (non-hydrogen) atoms. The summed E-state index contributed by atoms with van der Waals surface area (Å²) in [4.78, 5) is 11.8. The number of esters is 1. The Labute approximate surface area is 112 Å². The summed E-state index contributed by atoms with van der Waals surface area (Å²) in [7, 11) is 0. The minimum Gasteiger partial charge on any atom is -0.454 e. The van der Waals surface area contributed by atoms with Gasteiger partial charge in [0, 0.05) is 18.4 Å². The lowest BCUT2D eigenvalue weighted by molar-refractivity contribution is -0.140. The summed E-state index contributed by atoms with van der Waals surface area (Å²) in [6.45, 7) is 6.31. The molecule has 5 aliphatic rings. The Hall–Kier alpha value is -0.870. The number of carbonyl (C=O) groups excluding carboxylic acids is 1. The average molecular weight is 262 g/mol. The molecule has 5 rings (SSSR count). The molecule has 2 spiro atoms. The number of fused-ring (bicyclic) bond motifs is 1. The standard InChI is InChI=1S/C15H18O4/c1-7-4-10-9(8(2)12(16)17-10)5-14-13(3,19-14)6-11-15(7,14)18-11/h7,10-11H,4-6H2,1-3H3/t7-,10-,11-,13+,14+,15-/m0/s1. The van der Waals surface area contributed by atoms with E-state index >= 15 is 0 Å². The van der Waals surface area contributed by atoms with Gasteiger partial charge in [-0.25, -0.2) is 4.79 Å². The number of hydrogen-bond acceptors (Lipinski definition) is 4. The predicted octanol–water partition coefficient (Wildman–Crippen LogP) is 1.73. The van der Waals surface area contributed by atoms with Crippen molar-refractivity contribution in [2.24, 2.45) is 5.92 Å². The first-order chi connectivity index (χ1) is 8.93. The minimum absolute atomic E-state index is 0.0437. The van der Waals surface area contributed by atoms with Gasteiger partial charge in [-0.2, -0.15) is 0 Å². The van der Waals surface area contributed by atoms with Crippen molar-refractivity contribution in [1.29, 1.82) is 0 Å². The molecule has 2 aliphatic carbocycles. The zero-order valence-electron chi connectivity index (χ0n) is 11.5. The van der Waals surface area contributed by atoms with Crippen molar-refractivity contribution < 1.29 is 19.0 Å². The molecule has 4 heteroatoms. The summed E-state index contributed by atoms with van der Waals surface area (Å²) < 4.78 is 17.8. The number of carbonyl (C=O) groups is 1. The molecular weight excluding hydrogens is 244 g/mol. The van der Waals surface area contributed by atoms with Gasteiger partial charge in [-0.15, -0.1) is 0 Å². The summed E-state index contributed by atoms with van der Waals surface area (Å²) in [5.74, 6) is 0.233. The third-order valence-corrected chi connectivity index (χ3v) is 6.34. The van der Waals surface area contributed by atoms with Crippen LogP contribution in [0.2, 0.25) is 0 Å². The molecule has 0 amide bonds. The summed E-state index contributed by atoms with van der Waals surface area (Å²) in [6, 6.07) is 0. The minimum atomic E-state index is -0.191. The first-order valence-electron chi connectivity index (χ1n) is 7.22. The number of hydrogen-bond donors (Lipinski definition) is 0. The molecule has 0 unspecified atom stereocenters. The maximum absolute atomic E-state index is 11.8. The molecule has 6 atom stereocenters. The Balaban J connectivity index is 1.67. The zero-order valence-corrected chi connectivity index (χ0v) is 11.5. The van der Waals surface area contributed by atoms with Gasteiger partial charge >= 0.3 is 5.97 Å². The van der Waals surface area contributed by atoms with Gasteiger partial charge in [0.05, 0.1) is 6.10 Å². The molecule has 4 fully saturated rings. The number of ether oxygens (including phenoxy) is 3. The van der Waals surface area contributed by atoms with Gasteiger partial charge in [0.1, 0.15) is 22.9 Å². The third-order valence-electron chi connectivity index (χ3n) is 6.34. The molecule has 0 N–H and O–H groups in total. The molecule has 2 saturated heterocycles. The van der Waals surface area contributed by atoms with Crippen molar-refractivity contribution in [3.05, 3.63) is 11.1 Å². The Morgan fingerprint density at radius 2 is 2.16 bits per heavy atom. The maximum atomic E-state index is 11.8.